The number of aliphatic carboxylic acids is 1. The molecule has 11 nitrogen and oxygen atoms in total. The van der Waals surface area contributed by atoms with Gasteiger partial charge in [-0.15, -0.1) is 5.10 Å². The van der Waals surface area contributed by atoms with Crippen molar-refractivity contribution in [2.75, 3.05) is 6.61 Å². The van der Waals surface area contributed by atoms with Crippen molar-refractivity contribution >= 4 is 27.3 Å². The number of rotatable bonds is 2. The molecule has 220 valence electrons. The Morgan fingerprint density at radius 1 is 1.10 bits per heavy atom. The van der Waals surface area contributed by atoms with Gasteiger partial charge in [-0.25, -0.2) is 4.68 Å². The normalized spacial score (nSPS) is 23.4. The molecular weight excluding hydrogens is 560 g/mol. The molecule has 2 N–H and O–H groups in total. The Labute approximate surface area is 243 Å². The number of aromatic nitrogens is 3. The lowest BCUT2D eigenvalue weighted by molar-refractivity contribution is -0.137. The summed E-state index contributed by atoms with van der Waals surface area (Å²) in [5.74, 6) is -0.745. The van der Waals surface area contributed by atoms with Crippen LogP contribution < -0.4 is 8.92 Å². The Morgan fingerprint density at radius 3 is 2.69 bits per heavy atom. The number of hydrogen-bond donors (Lipinski definition) is 2. The van der Waals surface area contributed by atoms with Gasteiger partial charge in [-0.1, -0.05) is 29.5 Å². The number of ether oxygens (including phenoxy) is 1. The zero-order chi connectivity index (χ0) is 29.8. The molecule has 9 bridgehead atoms. The molecule has 1 aromatic heterocycles. The SMILES string of the molecule is Cc1ccc2cc1[C@@H](C)N1Cc3cc(ccc3OS1(=O)=O)OC[C@@H](O)CCn1nnc3c(C)c(ccc31)[C@@H]2CC(=O)O. The van der Waals surface area contributed by atoms with Crippen molar-refractivity contribution in [1.29, 1.82) is 0 Å². The second-order valence-corrected chi connectivity index (χ2v) is 12.5. The molecule has 4 atom stereocenters. The van der Waals surface area contributed by atoms with Crippen LogP contribution in [-0.4, -0.2) is 56.6 Å². The Kier molecular flexibility index (Phi) is 7.16. The number of benzene rings is 3. The van der Waals surface area contributed by atoms with E-state index < -0.39 is 34.3 Å². The maximum atomic E-state index is 13.3. The quantitative estimate of drug-likeness (QED) is 0.353. The first-order chi connectivity index (χ1) is 20.0. The van der Waals surface area contributed by atoms with E-state index in [4.69, 9.17) is 8.92 Å². The van der Waals surface area contributed by atoms with Crippen molar-refractivity contribution in [3.63, 3.8) is 0 Å². The van der Waals surface area contributed by atoms with Crippen LogP contribution >= 0.6 is 0 Å². The van der Waals surface area contributed by atoms with Gasteiger partial charge in [-0.2, -0.15) is 12.7 Å². The lowest BCUT2D eigenvalue weighted by atomic mass is 9.83. The van der Waals surface area contributed by atoms with E-state index in [0.29, 0.717) is 29.8 Å². The Bertz CT molecular complexity index is 1800. The zero-order valence-corrected chi connectivity index (χ0v) is 24.3. The first kappa shape index (κ1) is 28.1. The number of aliphatic hydroxyl groups is 1. The first-order valence-electron chi connectivity index (χ1n) is 13.8. The average Bonchev–Trinajstić information content (AvgIpc) is 3.37. The molecule has 1 unspecified atom stereocenters. The highest BCUT2D eigenvalue weighted by molar-refractivity contribution is 7.84. The van der Waals surface area contributed by atoms with Crippen molar-refractivity contribution < 1.29 is 32.3 Å². The summed E-state index contributed by atoms with van der Waals surface area (Å²) in [4.78, 5) is 12.1. The number of hydrogen-bond acceptors (Lipinski definition) is 8. The minimum Gasteiger partial charge on any atom is -0.491 e. The van der Waals surface area contributed by atoms with Crippen LogP contribution in [-0.2, 0) is 28.2 Å². The van der Waals surface area contributed by atoms with Gasteiger partial charge in [0.1, 0.15) is 23.6 Å². The minimum atomic E-state index is -4.13. The molecule has 7 rings (SSSR count). The van der Waals surface area contributed by atoms with E-state index in [1.807, 2.05) is 44.2 Å². The Morgan fingerprint density at radius 2 is 1.90 bits per heavy atom. The topological polar surface area (TPSA) is 144 Å². The standard InChI is InChI=1S/C30H32N4O7S/c1-17-4-5-20-13-25(17)19(3)34-15-21-12-23(6-9-28(21)41-42(34,38)39)40-16-22(35)10-11-33-27-8-7-24(26(20)14-29(36)37)18(2)30(27)31-32-33/h4-9,12-13,19,22,26,35H,10-11,14-16H2,1-3H3,(H,36,37)/t19-,22+,26-/m1/s1. The number of aliphatic hydroxyl groups excluding tert-OH is 1. The minimum absolute atomic E-state index is 0.0384. The molecule has 0 spiro atoms. The van der Waals surface area contributed by atoms with E-state index in [2.05, 4.69) is 10.3 Å². The zero-order valence-electron chi connectivity index (χ0n) is 23.5. The molecule has 0 saturated heterocycles. The summed E-state index contributed by atoms with van der Waals surface area (Å²) >= 11 is 0. The molecule has 0 fully saturated rings. The van der Waals surface area contributed by atoms with Crippen LogP contribution in [0.2, 0.25) is 0 Å². The molecule has 4 aromatic rings. The average molecular weight is 593 g/mol. The van der Waals surface area contributed by atoms with Crippen LogP contribution in [0, 0.1) is 13.8 Å². The predicted octanol–water partition coefficient (Wildman–Crippen LogP) is 4.00. The van der Waals surface area contributed by atoms with E-state index >= 15 is 0 Å². The number of carboxylic acid groups (broad SMARTS) is 1. The maximum Gasteiger partial charge on any atom is 0.386 e. The van der Waals surface area contributed by atoms with Gasteiger partial charge < -0.3 is 19.1 Å². The third-order valence-electron chi connectivity index (χ3n) is 8.28. The summed E-state index contributed by atoms with van der Waals surface area (Å²) in [7, 11) is -4.13. The summed E-state index contributed by atoms with van der Waals surface area (Å²) < 4.78 is 40.9. The lowest BCUT2D eigenvalue weighted by Gasteiger charge is -2.33. The van der Waals surface area contributed by atoms with Gasteiger partial charge in [0.05, 0.1) is 24.1 Å². The van der Waals surface area contributed by atoms with E-state index in [-0.39, 0.29) is 25.3 Å². The van der Waals surface area contributed by atoms with Crippen molar-refractivity contribution in [1.82, 2.24) is 19.3 Å². The molecule has 0 saturated carbocycles. The fraction of sp³-hybridized carbons (Fsp3) is 0.367. The van der Waals surface area contributed by atoms with Crippen LogP contribution in [0.4, 0.5) is 0 Å². The van der Waals surface area contributed by atoms with Crippen molar-refractivity contribution in [3.05, 3.63) is 81.9 Å². The summed E-state index contributed by atoms with van der Waals surface area (Å²) in [6.07, 6.45) is -0.581. The van der Waals surface area contributed by atoms with Crippen LogP contribution in [0.3, 0.4) is 0 Å². The third-order valence-corrected chi connectivity index (χ3v) is 9.69. The highest BCUT2D eigenvalue weighted by Gasteiger charge is 2.37. The fourth-order valence-corrected chi connectivity index (χ4v) is 7.21. The van der Waals surface area contributed by atoms with Crippen LogP contribution in [0.25, 0.3) is 11.0 Å². The van der Waals surface area contributed by atoms with Crippen molar-refractivity contribution in [2.24, 2.45) is 0 Å². The Hall–Kier alpha value is -4.00. The molecule has 0 aliphatic carbocycles. The smallest absolute Gasteiger partial charge is 0.386 e. The Balaban J connectivity index is 1.51. The highest BCUT2D eigenvalue weighted by atomic mass is 32.2. The second-order valence-electron chi connectivity index (χ2n) is 11.0. The van der Waals surface area contributed by atoms with E-state index in [0.717, 1.165) is 33.3 Å². The molecule has 3 aliphatic rings. The summed E-state index contributed by atoms with van der Waals surface area (Å²) in [6, 6.07) is 13.8. The fourth-order valence-electron chi connectivity index (χ4n) is 5.92. The number of carboxylic acids is 1. The van der Waals surface area contributed by atoms with E-state index in [1.165, 1.54) is 4.31 Å². The number of aryl methyl sites for hydroxylation is 3. The van der Waals surface area contributed by atoms with Gasteiger partial charge in [-0.05, 0) is 79.3 Å². The van der Waals surface area contributed by atoms with E-state index in [9.17, 15) is 23.4 Å². The summed E-state index contributed by atoms with van der Waals surface area (Å²) in [6.45, 7) is 6.10. The van der Waals surface area contributed by atoms with Crippen molar-refractivity contribution in [2.45, 2.75) is 64.8 Å². The number of nitrogens with zero attached hydrogens (tertiary/aromatic N) is 4. The predicted molar refractivity (Wildman–Crippen MR) is 154 cm³/mol. The summed E-state index contributed by atoms with van der Waals surface area (Å²) in [5.41, 5.74) is 6.06. The maximum absolute atomic E-state index is 13.3. The molecule has 12 heteroatoms. The molecule has 3 aromatic carbocycles. The lowest BCUT2D eigenvalue weighted by Crippen LogP contribution is -2.39. The van der Waals surface area contributed by atoms with Gasteiger partial charge in [0.2, 0.25) is 0 Å². The largest absolute Gasteiger partial charge is 0.491 e. The number of carbonyl (C=O) groups is 1. The van der Waals surface area contributed by atoms with Crippen LogP contribution in [0.1, 0.15) is 65.1 Å². The summed E-state index contributed by atoms with van der Waals surface area (Å²) in [5, 5.41) is 29.2. The van der Waals surface area contributed by atoms with E-state index in [1.54, 1.807) is 29.8 Å². The third kappa shape index (κ3) is 5.10. The second kappa shape index (κ2) is 10.7. The van der Waals surface area contributed by atoms with Gasteiger partial charge in [0.25, 0.3) is 0 Å². The molecule has 4 heterocycles. The number of fused-ring (bicyclic) bond motifs is 5. The highest BCUT2D eigenvalue weighted by Crippen LogP contribution is 2.40. The molecule has 0 radical (unpaired) electrons. The van der Waals surface area contributed by atoms with Gasteiger partial charge >= 0.3 is 16.3 Å². The molecular formula is C30H32N4O7S. The monoisotopic (exact) mass is 592 g/mol. The molecule has 42 heavy (non-hydrogen) atoms. The molecule has 0 amide bonds. The van der Waals surface area contributed by atoms with Gasteiger partial charge in [0.15, 0.2) is 0 Å². The van der Waals surface area contributed by atoms with Crippen LogP contribution in [0.5, 0.6) is 11.5 Å². The first-order valence-corrected chi connectivity index (χ1v) is 15.2. The van der Waals surface area contributed by atoms with Crippen molar-refractivity contribution in [3.8, 4) is 11.5 Å². The van der Waals surface area contributed by atoms with Crippen LogP contribution in [0.15, 0.2) is 48.5 Å². The molecule has 3 aliphatic heterocycles. The van der Waals surface area contributed by atoms with Gasteiger partial charge in [-0.3, -0.25) is 4.79 Å². The van der Waals surface area contributed by atoms with Gasteiger partial charge in [0, 0.05) is 24.6 Å².